The summed E-state index contributed by atoms with van der Waals surface area (Å²) in [4.78, 5) is 32.8. The average molecular weight is 393 g/mol. The Hall–Kier alpha value is -2.16. The smallest absolute Gasteiger partial charge is 0.317 e. The van der Waals surface area contributed by atoms with Gasteiger partial charge in [0.25, 0.3) is 5.89 Å². The molecule has 1 aliphatic heterocycles. The highest BCUT2D eigenvalue weighted by molar-refractivity contribution is 5.76. The summed E-state index contributed by atoms with van der Waals surface area (Å²) in [5.74, 6) is 0.993. The lowest BCUT2D eigenvalue weighted by atomic mass is 10.0. The summed E-state index contributed by atoms with van der Waals surface area (Å²) < 4.78 is 10.1. The SMILES string of the molecule is COCc1nc(CCN(C(C)=O)C2CCCN(C(=O)NC3CCCC3)C2)no1. The topological polar surface area (TPSA) is 101 Å². The number of carbonyl (C=O) groups excluding carboxylic acids is 2. The fourth-order valence-electron chi connectivity index (χ4n) is 4.12. The number of hydrogen-bond donors (Lipinski definition) is 1. The van der Waals surface area contributed by atoms with E-state index in [1.807, 2.05) is 9.80 Å². The second kappa shape index (κ2) is 9.86. The minimum Gasteiger partial charge on any atom is -0.375 e. The van der Waals surface area contributed by atoms with E-state index in [2.05, 4.69) is 15.5 Å². The maximum atomic E-state index is 12.6. The van der Waals surface area contributed by atoms with Crippen molar-refractivity contribution in [1.29, 1.82) is 0 Å². The van der Waals surface area contributed by atoms with E-state index in [4.69, 9.17) is 9.26 Å². The predicted molar refractivity (Wildman–Crippen MR) is 101 cm³/mol. The highest BCUT2D eigenvalue weighted by Gasteiger charge is 2.30. The first-order valence-corrected chi connectivity index (χ1v) is 10.2. The number of urea groups is 1. The van der Waals surface area contributed by atoms with Crippen LogP contribution in [-0.2, 0) is 22.6 Å². The van der Waals surface area contributed by atoms with E-state index >= 15 is 0 Å². The van der Waals surface area contributed by atoms with Gasteiger partial charge in [-0.3, -0.25) is 4.79 Å². The molecular formula is C19H31N5O4. The Bertz CT molecular complexity index is 659. The number of likely N-dealkylation sites (tertiary alicyclic amines) is 1. The molecule has 2 aliphatic rings. The first-order valence-electron chi connectivity index (χ1n) is 10.2. The molecule has 1 aromatic heterocycles. The van der Waals surface area contributed by atoms with Crippen molar-refractivity contribution in [3.63, 3.8) is 0 Å². The van der Waals surface area contributed by atoms with Gasteiger partial charge in [0.05, 0.1) is 0 Å². The van der Waals surface area contributed by atoms with E-state index in [-0.39, 0.29) is 24.6 Å². The number of amides is 3. The molecule has 0 aromatic carbocycles. The van der Waals surface area contributed by atoms with Crippen LogP contribution in [0.25, 0.3) is 0 Å². The summed E-state index contributed by atoms with van der Waals surface area (Å²) in [6.45, 7) is 3.66. The molecule has 1 unspecified atom stereocenters. The molecular weight excluding hydrogens is 362 g/mol. The third-order valence-electron chi connectivity index (χ3n) is 5.57. The predicted octanol–water partition coefficient (Wildman–Crippen LogP) is 1.72. The van der Waals surface area contributed by atoms with Crippen LogP contribution in [0.3, 0.4) is 0 Å². The Balaban J connectivity index is 1.54. The highest BCUT2D eigenvalue weighted by Crippen LogP contribution is 2.20. The van der Waals surface area contributed by atoms with Crippen LogP contribution in [0.15, 0.2) is 4.52 Å². The number of ether oxygens (including phenoxy) is 1. The van der Waals surface area contributed by atoms with Crippen LogP contribution in [-0.4, -0.2) is 70.7 Å². The number of carbonyl (C=O) groups is 2. The number of aromatic nitrogens is 2. The highest BCUT2D eigenvalue weighted by atomic mass is 16.5. The van der Waals surface area contributed by atoms with Gasteiger partial charge in [-0.05, 0) is 25.7 Å². The van der Waals surface area contributed by atoms with Crippen molar-refractivity contribution in [3.05, 3.63) is 11.7 Å². The van der Waals surface area contributed by atoms with Crippen LogP contribution in [0, 0.1) is 0 Å². The lowest BCUT2D eigenvalue weighted by Gasteiger charge is -2.39. The van der Waals surface area contributed by atoms with E-state index in [0.29, 0.717) is 37.3 Å². The van der Waals surface area contributed by atoms with Crippen molar-refractivity contribution in [2.24, 2.45) is 0 Å². The van der Waals surface area contributed by atoms with E-state index in [1.54, 1.807) is 14.0 Å². The van der Waals surface area contributed by atoms with Gasteiger partial charge in [-0.2, -0.15) is 4.98 Å². The van der Waals surface area contributed by atoms with Crippen LogP contribution in [0.2, 0.25) is 0 Å². The molecule has 1 saturated heterocycles. The van der Waals surface area contributed by atoms with Gasteiger partial charge in [-0.1, -0.05) is 18.0 Å². The van der Waals surface area contributed by atoms with E-state index in [9.17, 15) is 9.59 Å². The normalized spacial score (nSPS) is 20.4. The Morgan fingerprint density at radius 1 is 1.29 bits per heavy atom. The zero-order valence-electron chi connectivity index (χ0n) is 16.9. The first-order chi connectivity index (χ1) is 13.6. The molecule has 2 fully saturated rings. The monoisotopic (exact) mass is 393 g/mol. The molecule has 1 N–H and O–H groups in total. The number of nitrogens with zero attached hydrogens (tertiary/aromatic N) is 4. The quantitative estimate of drug-likeness (QED) is 0.757. The molecule has 3 amide bonds. The van der Waals surface area contributed by atoms with Crippen LogP contribution >= 0.6 is 0 Å². The average Bonchev–Trinajstić information content (AvgIpc) is 3.34. The van der Waals surface area contributed by atoms with Gasteiger partial charge < -0.3 is 24.4 Å². The number of methoxy groups -OCH3 is 1. The molecule has 0 bridgehead atoms. The minimum atomic E-state index is 0.00229. The molecule has 1 atom stereocenters. The van der Waals surface area contributed by atoms with E-state index in [0.717, 1.165) is 32.2 Å². The van der Waals surface area contributed by atoms with Crippen LogP contribution in [0.5, 0.6) is 0 Å². The summed E-state index contributed by atoms with van der Waals surface area (Å²) in [6.07, 6.45) is 6.82. The van der Waals surface area contributed by atoms with Crippen LogP contribution in [0.4, 0.5) is 4.79 Å². The molecule has 1 saturated carbocycles. The van der Waals surface area contributed by atoms with Gasteiger partial charge >= 0.3 is 6.03 Å². The first kappa shape index (κ1) is 20.6. The molecule has 9 heteroatoms. The van der Waals surface area contributed by atoms with Crippen molar-refractivity contribution in [1.82, 2.24) is 25.3 Å². The molecule has 9 nitrogen and oxygen atoms in total. The lowest BCUT2D eigenvalue weighted by Crippen LogP contribution is -2.54. The second-order valence-electron chi connectivity index (χ2n) is 7.67. The van der Waals surface area contributed by atoms with Gasteiger partial charge in [-0.15, -0.1) is 0 Å². The van der Waals surface area contributed by atoms with Gasteiger partial charge in [0, 0.05) is 52.2 Å². The van der Waals surface area contributed by atoms with E-state index < -0.39 is 0 Å². The zero-order chi connectivity index (χ0) is 19.9. The maximum absolute atomic E-state index is 12.6. The molecule has 2 heterocycles. The molecule has 1 aromatic rings. The molecule has 156 valence electrons. The summed E-state index contributed by atoms with van der Waals surface area (Å²) in [5.41, 5.74) is 0. The van der Waals surface area contributed by atoms with Crippen molar-refractivity contribution < 1.29 is 18.8 Å². The molecule has 28 heavy (non-hydrogen) atoms. The zero-order valence-corrected chi connectivity index (χ0v) is 16.9. The van der Waals surface area contributed by atoms with Crippen molar-refractivity contribution >= 4 is 11.9 Å². The summed E-state index contributed by atoms with van der Waals surface area (Å²) in [6, 6.07) is 0.324. The molecule has 1 aliphatic carbocycles. The lowest BCUT2D eigenvalue weighted by molar-refractivity contribution is -0.132. The van der Waals surface area contributed by atoms with Crippen LogP contribution < -0.4 is 5.32 Å². The Kier molecular flexibility index (Phi) is 7.24. The van der Waals surface area contributed by atoms with Gasteiger partial charge in [0.2, 0.25) is 5.91 Å². The van der Waals surface area contributed by atoms with Gasteiger partial charge in [-0.25, -0.2) is 4.79 Å². The van der Waals surface area contributed by atoms with Gasteiger partial charge in [0.1, 0.15) is 6.61 Å². The van der Waals surface area contributed by atoms with Crippen molar-refractivity contribution in [2.75, 3.05) is 26.7 Å². The molecule has 0 spiro atoms. The van der Waals surface area contributed by atoms with Crippen molar-refractivity contribution in [3.8, 4) is 0 Å². The third-order valence-corrected chi connectivity index (χ3v) is 5.57. The van der Waals surface area contributed by atoms with Gasteiger partial charge in [0.15, 0.2) is 5.82 Å². The summed E-state index contributed by atoms with van der Waals surface area (Å²) in [7, 11) is 1.57. The van der Waals surface area contributed by atoms with Crippen molar-refractivity contribution in [2.45, 2.75) is 70.6 Å². The third kappa shape index (κ3) is 5.43. The number of nitrogens with one attached hydrogen (secondary N) is 1. The summed E-state index contributed by atoms with van der Waals surface area (Å²) >= 11 is 0. The fraction of sp³-hybridized carbons (Fsp3) is 0.789. The molecule has 3 rings (SSSR count). The number of hydrogen-bond acceptors (Lipinski definition) is 6. The Morgan fingerprint density at radius 3 is 2.79 bits per heavy atom. The van der Waals surface area contributed by atoms with Crippen LogP contribution in [0.1, 0.15) is 57.2 Å². The largest absolute Gasteiger partial charge is 0.375 e. The number of rotatable bonds is 7. The Morgan fingerprint density at radius 2 is 2.07 bits per heavy atom. The fourth-order valence-corrected chi connectivity index (χ4v) is 4.12. The summed E-state index contributed by atoms with van der Waals surface area (Å²) in [5, 5.41) is 7.08. The molecule has 0 radical (unpaired) electrons. The minimum absolute atomic E-state index is 0.00229. The van der Waals surface area contributed by atoms with E-state index in [1.165, 1.54) is 12.8 Å². The Labute approximate surface area is 165 Å². The number of piperidine rings is 1. The maximum Gasteiger partial charge on any atom is 0.317 e. The standard InChI is InChI=1S/C19H31N5O4/c1-14(25)24(11-9-17-21-18(13-27-2)28-22-17)16-8-5-10-23(12-16)19(26)20-15-6-3-4-7-15/h15-16H,3-13H2,1-2H3,(H,20,26). The second-order valence-corrected chi connectivity index (χ2v) is 7.67.